The number of carbonyl (C=O) groups excluding carboxylic acids is 2. The molecule has 0 aliphatic heterocycles. The zero-order chi connectivity index (χ0) is 20.8. The molecule has 0 fully saturated rings. The molecule has 7 heteroatoms. The lowest BCUT2D eigenvalue weighted by Gasteiger charge is -2.20. The highest BCUT2D eigenvalue weighted by Crippen LogP contribution is 2.32. The maximum atomic E-state index is 12.5. The largest absolute Gasteiger partial charge is 0.477 e. The molecule has 2 rings (SSSR count). The molecule has 0 bridgehead atoms. The summed E-state index contributed by atoms with van der Waals surface area (Å²) in [6.45, 7) is 7.80. The number of ether oxygens (including phenoxy) is 1. The average molecular weight is 384 g/mol. The van der Waals surface area contributed by atoms with Gasteiger partial charge in [-0.1, -0.05) is 45.9 Å². The Morgan fingerprint density at radius 1 is 1.14 bits per heavy atom. The summed E-state index contributed by atoms with van der Waals surface area (Å²) in [7, 11) is 0. The first-order chi connectivity index (χ1) is 13.2. The van der Waals surface area contributed by atoms with Gasteiger partial charge in [-0.05, 0) is 35.1 Å². The lowest BCUT2D eigenvalue weighted by molar-refractivity contribution is -0.385. The Kier molecular flexibility index (Phi) is 6.87. The van der Waals surface area contributed by atoms with Crippen molar-refractivity contribution in [2.45, 2.75) is 39.5 Å². The molecule has 148 valence electrons. The van der Waals surface area contributed by atoms with Crippen LogP contribution in [0, 0.1) is 10.1 Å². The molecule has 0 saturated heterocycles. The van der Waals surface area contributed by atoms with E-state index in [1.807, 2.05) is 45.9 Å². The van der Waals surface area contributed by atoms with Crippen LogP contribution in [0.2, 0.25) is 0 Å². The van der Waals surface area contributed by atoms with Gasteiger partial charge >= 0.3 is 5.69 Å². The van der Waals surface area contributed by atoms with Crippen molar-refractivity contribution in [1.82, 2.24) is 0 Å². The van der Waals surface area contributed by atoms with E-state index in [-0.39, 0.29) is 35.4 Å². The molecule has 2 aromatic rings. The van der Waals surface area contributed by atoms with Crippen molar-refractivity contribution in [3.8, 4) is 5.75 Å². The van der Waals surface area contributed by atoms with E-state index >= 15 is 0 Å². The van der Waals surface area contributed by atoms with Crippen molar-refractivity contribution in [3.63, 3.8) is 0 Å². The lowest BCUT2D eigenvalue weighted by Crippen LogP contribution is -2.22. The second-order valence-electron chi connectivity index (χ2n) is 7.06. The number of anilines is 1. The zero-order valence-electron chi connectivity index (χ0n) is 16.4. The molecule has 1 N–H and O–H groups in total. The molecule has 0 radical (unpaired) electrons. The molecular formula is C21H24N2O5. The smallest absolute Gasteiger partial charge is 0.311 e. The summed E-state index contributed by atoms with van der Waals surface area (Å²) in [6.07, 6.45) is 0.514. The van der Waals surface area contributed by atoms with Crippen LogP contribution in [-0.4, -0.2) is 23.7 Å². The van der Waals surface area contributed by atoms with Crippen molar-refractivity contribution in [2.24, 2.45) is 0 Å². The first-order valence-corrected chi connectivity index (χ1v) is 9.03. The third-order valence-electron chi connectivity index (χ3n) is 4.31. The highest BCUT2D eigenvalue weighted by atomic mass is 16.6. The monoisotopic (exact) mass is 384 g/mol. The molecule has 0 aliphatic rings. The number of aldehydes is 1. The Morgan fingerprint density at radius 3 is 2.25 bits per heavy atom. The van der Waals surface area contributed by atoms with Gasteiger partial charge in [-0.2, -0.15) is 0 Å². The minimum Gasteiger partial charge on any atom is -0.477 e. The van der Waals surface area contributed by atoms with Gasteiger partial charge < -0.3 is 10.1 Å². The molecule has 28 heavy (non-hydrogen) atoms. The molecule has 0 aromatic heterocycles. The van der Waals surface area contributed by atoms with E-state index in [1.165, 1.54) is 12.1 Å². The van der Waals surface area contributed by atoms with Gasteiger partial charge in [0.2, 0.25) is 0 Å². The van der Waals surface area contributed by atoms with Crippen molar-refractivity contribution in [2.75, 3.05) is 11.9 Å². The quantitative estimate of drug-likeness (QED) is 0.405. The number of nitrogens with one attached hydrogen (secondary N) is 1. The zero-order valence-corrected chi connectivity index (χ0v) is 16.4. The Labute approximate surface area is 163 Å². The number of amides is 1. The SMILES string of the molecule is CC(C)c1cccc(C(C)C)c1NC(=O)COc1ccc(C=O)cc1[N+](=O)[O-]. The number of carbonyl (C=O) groups is 2. The summed E-state index contributed by atoms with van der Waals surface area (Å²) in [4.78, 5) is 33.8. The molecular weight excluding hydrogens is 360 g/mol. The summed E-state index contributed by atoms with van der Waals surface area (Å²) < 4.78 is 5.36. The van der Waals surface area contributed by atoms with Crippen LogP contribution in [0.5, 0.6) is 5.75 Å². The number of hydrogen-bond acceptors (Lipinski definition) is 5. The lowest BCUT2D eigenvalue weighted by atomic mass is 9.92. The molecule has 0 spiro atoms. The standard InChI is InChI=1S/C21H24N2O5/c1-13(2)16-6-5-7-17(14(3)4)21(16)22-20(25)12-28-19-9-8-15(11-24)10-18(19)23(26)27/h5-11,13-14H,12H2,1-4H3,(H,22,25). The van der Waals surface area contributed by atoms with Gasteiger partial charge in [0.15, 0.2) is 12.4 Å². The maximum Gasteiger partial charge on any atom is 0.311 e. The third-order valence-corrected chi connectivity index (χ3v) is 4.31. The second kappa shape index (κ2) is 9.12. The molecule has 2 aromatic carbocycles. The number of rotatable bonds is 8. The first kappa shape index (κ1) is 21.1. The highest BCUT2D eigenvalue weighted by Gasteiger charge is 2.19. The van der Waals surface area contributed by atoms with E-state index in [0.717, 1.165) is 22.9 Å². The molecule has 0 heterocycles. The fourth-order valence-corrected chi connectivity index (χ4v) is 2.89. The van der Waals surface area contributed by atoms with Crippen LogP contribution in [0.3, 0.4) is 0 Å². The van der Waals surface area contributed by atoms with Gasteiger partial charge in [-0.25, -0.2) is 0 Å². The number of nitro groups is 1. The number of hydrogen-bond donors (Lipinski definition) is 1. The normalized spacial score (nSPS) is 10.8. The number of benzene rings is 2. The van der Waals surface area contributed by atoms with Crippen LogP contribution in [0.25, 0.3) is 0 Å². The van der Waals surface area contributed by atoms with E-state index in [2.05, 4.69) is 5.32 Å². The molecule has 0 unspecified atom stereocenters. The van der Waals surface area contributed by atoms with Gasteiger partial charge in [0, 0.05) is 17.3 Å². The minimum absolute atomic E-state index is 0.0630. The number of nitrogens with zero attached hydrogens (tertiary/aromatic N) is 1. The predicted molar refractivity (Wildman–Crippen MR) is 107 cm³/mol. The highest BCUT2D eigenvalue weighted by molar-refractivity contribution is 5.93. The summed E-state index contributed by atoms with van der Waals surface area (Å²) in [5.74, 6) is -0.0467. The van der Waals surface area contributed by atoms with Crippen LogP contribution in [0.15, 0.2) is 36.4 Å². The van der Waals surface area contributed by atoms with Crippen LogP contribution in [0.1, 0.15) is 61.0 Å². The topological polar surface area (TPSA) is 98.5 Å². The fraction of sp³-hybridized carbons (Fsp3) is 0.333. The first-order valence-electron chi connectivity index (χ1n) is 9.03. The van der Waals surface area contributed by atoms with Gasteiger partial charge in [0.25, 0.3) is 5.91 Å². The van der Waals surface area contributed by atoms with Gasteiger partial charge in [0.05, 0.1) is 4.92 Å². The maximum absolute atomic E-state index is 12.5. The third kappa shape index (κ3) is 4.94. The molecule has 0 atom stereocenters. The van der Waals surface area contributed by atoms with Crippen molar-refractivity contribution < 1.29 is 19.2 Å². The van der Waals surface area contributed by atoms with E-state index in [1.54, 1.807) is 0 Å². The summed E-state index contributed by atoms with van der Waals surface area (Å²) in [5, 5.41) is 14.1. The van der Waals surface area contributed by atoms with E-state index in [4.69, 9.17) is 4.74 Å². The average Bonchev–Trinajstić information content (AvgIpc) is 2.65. The minimum atomic E-state index is -0.648. The van der Waals surface area contributed by atoms with Crippen molar-refractivity contribution >= 4 is 23.6 Å². The predicted octanol–water partition coefficient (Wildman–Crippen LogP) is 4.67. The second-order valence-corrected chi connectivity index (χ2v) is 7.06. The summed E-state index contributed by atoms with van der Waals surface area (Å²) in [5.41, 5.74) is 2.59. The van der Waals surface area contributed by atoms with Gasteiger partial charge in [-0.15, -0.1) is 0 Å². The van der Waals surface area contributed by atoms with Crippen molar-refractivity contribution in [1.29, 1.82) is 0 Å². The summed E-state index contributed by atoms with van der Waals surface area (Å²) >= 11 is 0. The number of nitro benzene ring substituents is 1. The Morgan fingerprint density at radius 2 is 1.75 bits per heavy atom. The fourth-order valence-electron chi connectivity index (χ4n) is 2.89. The van der Waals surface area contributed by atoms with Crippen LogP contribution < -0.4 is 10.1 Å². The van der Waals surface area contributed by atoms with Gasteiger partial charge in [-0.3, -0.25) is 19.7 Å². The van der Waals surface area contributed by atoms with Crippen LogP contribution in [0.4, 0.5) is 11.4 Å². The van der Waals surface area contributed by atoms with Crippen LogP contribution >= 0.6 is 0 Å². The number of para-hydroxylation sites is 1. The Bertz CT molecular complexity index is 864. The molecule has 0 aliphatic carbocycles. The molecule has 0 saturated carbocycles. The van der Waals surface area contributed by atoms with Crippen molar-refractivity contribution in [3.05, 3.63) is 63.2 Å². The summed E-state index contributed by atoms with van der Waals surface area (Å²) in [6, 6.07) is 9.74. The van der Waals surface area contributed by atoms with E-state index in [9.17, 15) is 19.7 Å². The molecule has 1 amide bonds. The van der Waals surface area contributed by atoms with Crippen LogP contribution in [-0.2, 0) is 4.79 Å². The Hall–Kier alpha value is -3.22. The van der Waals surface area contributed by atoms with Gasteiger partial charge in [0.1, 0.15) is 6.29 Å². The molecule has 7 nitrogen and oxygen atoms in total. The van der Waals surface area contributed by atoms with E-state index < -0.39 is 10.8 Å². The van der Waals surface area contributed by atoms with E-state index in [0.29, 0.717) is 6.29 Å². The Balaban J connectivity index is 2.20.